The van der Waals surface area contributed by atoms with Crippen LogP contribution in [-0.4, -0.2) is 44.0 Å². The maximum atomic E-state index is 13.3. The summed E-state index contributed by atoms with van der Waals surface area (Å²) in [6.07, 6.45) is 5.35. The highest BCUT2D eigenvalue weighted by molar-refractivity contribution is 6.30. The van der Waals surface area contributed by atoms with Crippen LogP contribution in [0.2, 0.25) is 5.02 Å². The smallest absolute Gasteiger partial charge is 0.274 e. The van der Waals surface area contributed by atoms with Crippen molar-refractivity contribution in [2.75, 3.05) is 13.1 Å². The molecule has 0 saturated carbocycles. The lowest BCUT2D eigenvalue weighted by Gasteiger charge is -2.24. The van der Waals surface area contributed by atoms with Crippen LogP contribution in [0.3, 0.4) is 0 Å². The maximum Gasteiger partial charge on any atom is 0.274 e. The van der Waals surface area contributed by atoms with Gasteiger partial charge in [-0.1, -0.05) is 54.0 Å². The molecule has 182 valence electrons. The van der Waals surface area contributed by atoms with E-state index in [1.54, 1.807) is 4.68 Å². The lowest BCUT2D eigenvalue weighted by molar-refractivity contribution is 0.219. The minimum Gasteiger partial charge on any atom is -0.339 e. The first-order valence-electron chi connectivity index (χ1n) is 12.4. The lowest BCUT2D eigenvalue weighted by atomic mass is 10.0. The summed E-state index contributed by atoms with van der Waals surface area (Å²) in [7, 11) is 0. The van der Waals surface area contributed by atoms with Gasteiger partial charge in [-0.2, -0.15) is 10.1 Å². The summed E-state index contributed by atoms with van der Waals surface area (Å²) in [6.45, 7) is 4.51. The summed E-state index contributed by atoms with van der Waals surface area (Å²) in [5.41, 5.74) is 1.98. The van der Waals surface area contributed by atoms with Gasteiger partial charge < -0.3 is 4.52 Å². The van der Waals surface area contributed by atoms with Crippen molar-refractivity contribution in [3.05, 3.63) is 86.9 Å². The van der Waals surface area contributed by atoms with Crippen molar-refractivity contribution in [1.82, 2.24) is 24.8 Å². The van der Waals surface area contributed by atoms with Crippen molar-refractivity contribution in [1.29, 1.82) is 0 Å². The number of rotatable bonds is 9. The molecule has 0 aliphatic carbocycles. The van der Waals surface area contributed by atoms with Crippen molar-refractivity contribution in [2.45, 2.75) is 58.0 Å². The molecule has 35 heavy (non-hydrogen) atoms. The summed E-state index contributed by atoms with van der Waals surface area (Å²) >= 11 is 6.07. The highest BCUT2D eigenvalue weighted by atomic mass is 35.5. The van der Waals surface area contributed by atoms with Gasteiger partial charge >= 0.3 is 0 Å². The molecular formula is C27H30ClN5O2. The van der Waals surface area contributed by atoms with Gasteiger partial charge in [-0.3, -0.25) is 9.69 Å². The summed E-state index contributed by atoms with van der Waals surface area (Å²) in [5, 5.41) is 11.3. The van der Waals surface area contributed by atoms with E-state index in [1.807, 2.05) is 48.5 Å². The Hall–Kier alpha value is -3.03. The summed E-state index contributed by atoms with van der Waals surface area (Å²) in [4.78, 5) is 20.3. The molecule has 0 N–H and O–H groups in total. The zero-order chi connectivity index (χ0) is 24.2. The number of halogens is 1. The largest absolute Gasteiger partial charge is 0.339 e. The molecule has 0 radical (unpaired) electrons. The fraction of sp³-hybridized carbons (Fsp3) is 0.407. The molecule has 1 saturated heterocycles. The number of benzene rings is 2. The van der Waals surface area contributed by atoms with Gasteiger partial charge in [-0.25, -0.2) is 4.68 Å². The van der Waals surface area contributed by atoms with Crippen molar-refractivity contribution >= 4 is 22.4 Å². The van der Waals surface area contributed by atoms with Gasteiger partial charge in [0.05, 0.1) is 17.6 Å². The highest BCUT2D eigenvalue weighted by Crippen LogP contribution is 2.21. The monoisotopic (exact) mass is 491 g/mol. The zero-order valence-electron chi connectivity index (χ0n) is 20.0. The van der Waals surface area contributed by atoms with Crippen LogP contribution in [0.25, 0.3) is 10.8 Å². The second-order valence-corrected chi connectivity index (χ2v) is 9.66. The Kier molecular flexibility index (Phi) is 7.25. The Labute approximate surface area is 209 Å². The average molecular weight is 492 g/mol. The Balaban J connectivity index is 1.36. The normalized spacial score (nSPS) is 16.3. The number of nitrogens with zero attached hydrogens (tertiary/aromatic N) is 5. The third-order valence-corrected chi connectivity index (χ3v) is 6.96. The molecule has 1 atom stereocenters. The molecule has 2 aromatic carbocycles. The first-order chi connectivity index (χ1) is 17.1. The molecule has 0 unspecified atom stereocenters. The van der Waals surface area contributed by atoms with E-state index in [2.05, 4.69) is 22.0 Å². The molecule has 3 heterocycles. The molecule has 1 aliphatic heterocycles. The van der Waals surface area contributed by atoms with Gasteiger partial charge in [-0.15, -0.1) is 0 Å². The minimum absolute atomic E-state index is 0.0339. The topological polar surface area (TPSA) is 77.0 Å². The van der Waals surface area contributed by atoms with Gasteiger partial charge in [0.2, 0.25) is 5.89 Å². The van der Waals surface area contributed by atoms with Gasteiger partial charge in [0.25, 0.3) is 5.56 Å². The van der Waals surface area contributed by atoms with E-state index in [4.69, 9.17) is 21.2 Å². The molecule has 0 amide bonds. The van der Waals surface area contributed by atoms with Gasteiger partial charge in [-0.05, 0) is 49.6 Å². The fourth-order valence-electron chi connectivity index (χ4n) is 4.91. The molecule has 5 rings (SSSR count). The van der Waals surface area contributed by atoms with Crippen LogP contribution < -0.4 is 5.56 Å². The van der Waals surface area contributed by atoms with Crippen molar-refractivity contribution in [3.63, 3.8) is 0 Å². The Bertz CT molecular complexity index is 1350. The number of hydrogen-bond donors (Lipinski definition) is 0. The van der Waals surface area contributed by atoms with Crippen LogP contribution in [0.15, 0.2) is 57.8 Å². The predicted molar refractivity (Wildman–Crippen MR) is 137 cm³/mol. The first kappa shape index (κ1) is 23.7. The van der Waals surface area contributed by atoms with Crippen LogP contribution in [0, 0.1) is 0 Å². The summed E-state index contributed by atoms with van der Waals surface area (Å²) in [6, 6.07) is 15.8. The molecular weight excluding hydrogens is 462 g/mol. The standard InChI is InChI=1S/C27H30ClN5O2/c1-2-6-25-29-26(35-31-25)14-16-32-15-5-7-21(32)18-33-27(34)23-9-4-3-8-22(23)24(30-33)17-19-10-12-20(28)13-11-19/h3-4,8-13,21H,2,5-7,14-18H2,1H3/t21-/m1/s1. The van der Waals surface area contributed by atoms with Crippen molar-refractivity contribution < 1.29 is 4.52 Å². The molecule has 0 bridgehead atoms. The molecule has 1 aliphatic rings. The Morgan fingerprint density at radius 1 is 1.09 bits per heavy atom. The van der Waals surface area contributed by atoms with E-state index >= 15 is 0 Å². The van der Waals surface area contributed by atoms with E-state index < -0.39 is 0 Å². The van der Waals surface area contributed by atoms with Crippen molar-refractivity contribution in [3.8, 4) is 0 Å². The number of likely N-dealkylation sites (tertiary alicyclic amines) is 1. The van der Waals surface area contributed by atoms with Crippen LogP contribution in [-0.2, 0) is 25.8 Å². The van der Waals surface area contributed by atoms with Gasteiger partial charge in [0.1, 0.15) is 0 Å². The first-order valence-corrected chi connectivity index (χ1v) is 12.8. The van der Waals surface area contributed by atoms with Crippen LogP contribution in [0.4, 0.5) is 0 Å². The quantitative estimate of drug-likeness (QED) is 0.338. The van der Waals surface area contributed by atoms with E-state index in [1.165, 1.54) is 0 Å². The Morgan fingerprint density at radius 3 is 2.69 bits per heavy atom. The number of aryl methyl sites for hydroxylation is 1. The van der Waals surface area contributed by atoms with Crippen LogP contribution in [0.5, 0.6) is 0 Å². The number of fused-ring (bicyclic) bond motifs is 1. The lowest BCUT2D eigenvalue weighted by Crippen LogP contribution is -2.38. The molecule has 0 spiro atoms. The van der Waals surface area contributed by atoms with E-state index in [-0.39, 0.29) is 11.6 Å². The van der Waals surface area contributed by atoms with Crippen molar-refractivity contribution in [2.24, 2.45) is 0 Å². The molecule has 8 heteroatoms. The second-order valence-electron chi connectivity index (χ2n) is 9.22. The fourth-order valence-corrected chi connectivity index (χ4v) is 5.03. The molecule has 7 nitrogen and oxygen atoms in total. The third-order valence-electron chi connectivity index (χ3n) is 6.71. The van der Waals surface area contributed by atoms with E-state index in [0.29, 0.717) is 29.3 Å². The van der Waals surface area contributed by atoms with E-state index in [0.717, 1.165) is 67.7 Å². The van der Waals surface area contributed by atoms with Gasteiger partial charge in [0.15, 0.2) is 5.82 Å². The Morgan fingerprint density at radius 2 is 1.89 bits per heavy atom. The third kappa shape index (κ3) is 5.46. The SMILES string of the molecule is CCCc1noc(CCN2CCC[C@@H]2Cn2nc(Cc3ccc(Cl)cc3)c3ccccc3c2=O)n1. The maximum absolute atomic E-state index is 13.3. The highest BCUT2D eigenvalue weighted by Gasteiger charge is 2.26. The summed E-state index contributed by atoms with van der Waals surface area (Å²) in [5.74, 6) is 1.46. The van der Waals surface area contributed by atoms with Gasteiger partial charge in [0, 0.05) is 42.3 Å². The molecule has 2 aromatic heterocycles. The summed E-state index contributed by atoms with van der Waals surface area (Å²) < 4.78 is 7.08. The van der Waals surface area contributed by atoms with Crippen LogP contribution in [0.1, 0.15) is 49.2 Å². The molecule has 1 fully saturated rings. The predicted octanol–water partition coefficient (Wildman–Crippen LogP) is 4.68. The molecule has 4 aromatic rings. The minimum atomic E-state index is -0.0339. The number of aromatic nitrogens is 4. The zero-order valence-corrected chi connectivity index (χ0v) is 20.7. The van der Waals surface area contributed by atoms with Crippen LogP contribution >= 0.6 is 11.6 Å². The second kappa shape index (κ2) is 10.7. The average Bonchev–Trinajstić information content (AvgIpc) is 3.51. The number of hydrogen-bond acceptors (Lipinski definition) is 6. The van der Waals surface area contributed by atoms with E-state index in [9.17, 15) is 4.79 Å².